The van der Waals surface area contributed by atoms with Crippen molar-refractivity contribution in [2.75, 3.05) is 0 Å². The lowest BCUT2D eigenvalue weighted by Crippen LogP contribution is -2.30. The van der Waals surface area contributed by atoms with Crippen LogP contribution in [0.5, 0.6) is 0 Å². The second-order valence-corrected chi connectivity index (χ2v) is 5.81. The first-order chi connectivity index (χ1) is 7.80. The van der Waals surface area contributed by atoms with Crippen molar-refractivity contribution < 1.29 is 4.79 Å². The average molecular weight is 236 g/mol. The van der Waals surface area contributed by atoms with Crippen LogP contribution in [0.4, 0.5) is 0 Å². The van der Waals surface area contributed by atoms with Gasteiger partial charge in [0, 0.05) is 12.5 Å². The number of aryl methyl sites for hydroxylation is 1. The molecule has 0 radical (unpaired) electrons. The summed E-state index contributed by atoms with van der Waals surface area (Å²) >= 11 is 0. The first-order valence-corrected chi connectivity index (χ1v) is 6.03. The Hall–Kier alpha value is -1.39. The molecule has 5 heteroatoms. The van der Waals surface area contributed by atoms with Gasteiger partial charge < -0.3 is 5.32 Å². The van der Waals surface area contributed by atoms with Gasteiger partial charge >= 0.3 is 0 Å². The van der Waals surface area contributed by atoms with E-state index in [1.165, 1.54) is 0 Å². The minimum Gasteiger partial charge on any atom is -0.345 e. The summed E-state index contributed by atoms with van der Waals surface area (Å²) in [6, 6.07) is 0.186. The fourth-order valence-electron chi connectivity index (χ4n) is 2.31. The molecule has 2 rings (SSSR count). The maximum absolute atomic E-state index is 11.9. The Balaban J connectivity index is 2.04. The monoisotopic (exact) mass is 236 g/mol. The van der Waals surface area contributed by atoms with Crippen LogP contribution >= 0.6 is 0 Å². The molecular formula is C12H20N4O. The van der Waals surface area contributed by atoms with Gasteiger partial charge in [-0.15, -0.1) is 5.10 Å². The van der Waals surface area contributed by atoms with Gasteiger partial charge in [-0.2, -0.15) is 0 Å². The highest BCUT2D eigenvalue weighted by Gasteiger charge is 2.65. The topological polar surface area (TPSA) is 70.7 Å². The van der Waals surface area contributed by atoms with E-state index < -0.39 is 0 Å². The number of aromatic amines is 1. The summed E-state index contributed by atoms with van der Waals surface area (Å²) in [4.78, 5) is 16.1. The van der Waals surface area contributed by atoms with E-state index in [4.69, 9.17) is 0 Å². The van der Waals surface area contributed by atoms with Crippen LogP contribution in [0.25, 0.3) is 0 Å². The Morgan fingerprint density at radius 2 is 1.94 bits per heavy atom. The molecule has 1 heterocycles. The zero-order valence-electron chi connectivity index (χ0n) is 11.1. The quantitative estimate of drug-likeness (QED) is 0.836. The summed E-state index contributed by atoms with van der Waals surface area (Å²) in [5.41, 5.74) is 0.263. The fourth-order valence-corrected chi connectivity index (χ4v) is 2.31. The van der Waals surface area contributed by atoms with Gasteiger partial charge in [0.1, 0.15) is 5.82 Å². The van der Waals surface area contributed by atoms with Gasteiger partial charge in [0.2, 0.25) is 5.82 Å². The number of carbonyl (C=O) groups is 1. The summed E-state index contributed by atoms with van der Waals surface area (Å²) < 4.78 is 0. The van der Waals surface area contributed by atoms with Crippen molar-refractivity contribution in [3.8, 4) is 0 Å². The van der Waals surface area contributed by atoms with Gasteiger partial charge in [-0.1, -0.05) is 34.6 Å². The number of hydrogen-bond donors (Lipinski definition) is 2. The summed E-state index contributed by atoms with van der Waals surface area (Å²) in [7, 11) is 0. The molecule has 1 aromatic rings. The van der Waals surface area contributed by atoms with E-state index in [2.05, 4.69) is 48.2 Å². The number of H-pyrrole nitrogens is 1. The van der Waals surface area contributed by atoms with Crippen molar-refractivity contribution in [2.24, 2.45) is 10.8 Å². The van der Waals surface area contributed by atoms with E-state index in [1.807, 2.05) is 6.92 Å². The van der Waals surface area contributed by atoms with Crippen LogP contribution in [0.1, 0.15) is 51.1 Å². The average Bonchev–Trinajstić information content (AvgIpc) is 2.65. The second kappa shape index (κ2) is 3.55. The molecule has 94 valence electrons. The molecule has 2 N–H and O–H groups in total. The highest BCUT2D eigenvalue weighted by Crippen LogP contribution is 2.62. The van der Waals surface area contributed by atoms with Crippen LogP contribution in [0.3, 0.4) is 0 Å². The normalized spacial score (nSPS) is 21.2. The standard InChI is InChI=1S/C12H20N4O/c1-6-7-13-8(16-15-7)9(17)14-10-11(2,3)12(10,4)5/h10H,6H2,1-5H3,(H,14,17)(H,13,15,16). The molecule has 0 unspecified atom stereocenters. The number of amides is 1. The summed E-state index contributed by atoms with van der Waals surface area (Å²) in [6.45, 7) is 10.6. The van der Waals surface area contributed by atoms with Crippen molar-refractivity contribution in [1.82, 2.24) is 20.5 Å². The second-order valence-electron chi connectivity index (χ2n) is 5.81. The molecule has 0 atom stereocenters. The number of aromatic nitrogens is 3. The maximum Gasteiger partial charge on any atom is 0.291 e. The van der Waals surface area contributed by atoms with Crippen LogP contribution < -0.4 is 5.32 Å². The van der Waals surface area contributed by atoms with Gasteiger partial charge in [0.15, 0.2) is 0 Å². The van der Waals surface area contributed by atoms with Gasteiger partial charge in [-0.05, 0) is 10.8 Å². The maximum atomic E-state index is 11.9. The molecule has 0 aliphatic heterocycles. The lowest BCUT2D eigenvalue weighted by atomic mass is 10.0. The fraction of sp³-hybridized carbons (Fsp3) is 0.750. The summed E-state index contributed by atoms with van der Waals surface area (Å²) in [5, 5.41) is 9.67. The van der Waals surface area contributed by atoms with Crippen LogP contribution in [-0.4, -0.2) is 27.1 Å². The first kappa shape index (κ1) is 12.1. The summed E-state index contributed by atoms with van der Waals surface area (Å²) in [6.07, 6.45) is 0.751. The van der Waals surface area contributed by atoms with E-state index in [0.717, 1.165) is 12.2 Å². The van der Waals surface area contributed by atoms with Crippen molar-refractivity contribution in [1.29, 1.82) is 0 Å². The molecule has 1 amide bonds. The van der Waals surface area contributed by atoms with Gasteiger partial charge in [0.25, 0.3) is 5.91 Å². The zero-order valence-corrected chi connectivity index (χ0v) is 11.1. The third-order valence-corrected chi connectivity index (χ3v) is 4.37. The molecule has 5 nitrogen and oxygen atoms in total. The van der Waals surface area contributed by atoms with Crippen molar-refractivity contribution in [2.45, 2.75) is 47.1 Å². The third kappa shape index (κ3) is 1.73. The minimum absolute atomic E-state index is 0.132. The molecule has 1 aromatic heterocycles. The van der Waals surface area contributed by atoms with Crippen molar-refractivity contribution in [3.05, 3.63) is 11.6 Å². The number of hydrogen-bond acceptors (Lipinski definition) is 3. The van der Waals surface area contributed by atoms with Crippen LogP contribution in [0, 0.1) is 10.8 Å². The number of carbonyl (C=O) groups excluding carboxylic acids is 1. The number of nitrogens with one attached hydrogen (secondary N) is 2. The molecule has 0 saturated heterocycles. The lowest BCUT2D eigenvalue weighted by Gasteiger charge is -2.03. The van der Waals surface area contributed by atoms with Crippen LogP contribution in [0.15, 0.2) is 0 Å². The molecule has 1 aliphatic rings. The molecule has 17 heavy (non-hydrogen) atoms. The largest absolute Gasteiger partial charge is 0.345 e. The molecule has 1 fully saturated rings. The highest BCUT2D eigenvalue weighted by atomic mass is 16.2. The van der Waals surface area contributed by atoms with Crippen LogP contribution in [0.2, 0.25) is 0 Å². The molecular weight excluding hydrogens is 216 g/mol. The number of nitrogens with zero attached hydrogens (tertiary/aromatic N) is 2. The smallest absolute Gasteiger partial charge is 0.291 e. The Morgan fingerprint density at radius 1 is 1.35 bits per heavy atom. The van der Waals surface area contributed by atoms with E-state index in [9.17, 15) is 4.79 Å². The lowest BCUT2D eigenvalue weighted by molar-refractivity contribution is 0.0933. The van der Waals surface area contributed by atoms with Gasteiger partial charge in [-0.25, -0.2) is 4.98 Å². The Morgan fingerprint density at radius 3 is 2.35 bits per heavy atom. The molecule has 0 bridgehead atoms. The minimum atomic E-state index is -0.190. The SMILES string of the molecule is CCc1nc(C(=O)NC2C(C)(C)C2(C)C)n[nH]1. The van der Waals surface area contributed by atoms with Gasteiger partial charge in [-0.3, -0.25) is 9.89 Å². The molecule has 1 saturated carbocycles. The Bertz CT molecular complexity index is 433. The zero-order chi connectivity index (χ0) is 12.8. The van der Waals surface area contributed by atoms with E-state index in [0.29, 0.717) is 0 Å². The summed E-state index contributed by atoms with van der Waals surface area (Å²) in [5.74, 6) is 0.786. The molecule has 0 aromatic carbocycles. The Kier molecular flexibility index (Phi) is 2.52. The molecule has 1 aliphatic carbocycles. The first-order valence-electron chi connectivity index (χ1n) is 6.03. The van der Waals surface area contributed by atoms with Gasteiger partial charge in [0.05, 0.1) is 0 Å². The Labute approximate surface area is 101 Å². The van der Waals surface area contributed by atoms with Crippen molar-refractivity contribution in [3.63, 3.8) is 0 Å². The van der Waals surface area contributed by atoms with E-state index >= 15 is 0 Å². The third-order valence-electron chi connectivity index (χ3n) is 4.37. The number of rotatable bonds is 3. The van der Waals surface area contributed by atoms with Crippen molar-refractivity contribution >= 4 is 5.91 Å². The van der Waals surface area contributed by atoms with Crippen LogP contribution in [-0.2, 0) is 6.42 Å². The van der Waals surface area contributed by atoms with E-state index in [-0.39, 0.29) is 28.6 Å². The predicted molar refractivity (Wildman–Crippen MR) is 64.6 cm³/mol. The highest BCUT2D eigenvalue weighted by molar-refractivity contribution is 5.91. The predicted octanol–water partition coefficient (Wildman–Crippen LogP) is 1.53. The van der Waals surface area contributed by atoms with E-state index in [1.54, 1.807) is 0 Å². The molecule has 0 spiro atoms.